The fraction of sp³-hybridized carbons (Fsp3) is 0.400. The zero-order valence-electron chi connectivity index (χ0n) is 12.2. The maximum atomic E-state index is 11.1. The molecule has 0 spiro atoms. The number of ether oxygens (including phenoxy) is 1. The molecule has 2 rings (SSSR count). The van der Waals surface area contributed by atoms with Crippen LogP contribution in [0.4, 0.5) is 11.4 Å². The van der Waals surface area contributed by atoms with Crippen LogP contribution in [0.5, 0.6) is 0 Å². The summed E-state index contributed by atoms with van der Waals surface area (Å²) in [5.41, 5.74) is 1.21. The van der Waals surface area contributed by atoms with Crippen molar-refractivity contribution in [3.05, 3.63) is 40.6 Å². The van der Waals surface area contributed by atoms with E-state index in [4.69, 9.17) is 4.74 Å². The Hall–Kier alpha value is -2.21. The minimum atomic E-state index is -0.420. The van der Waals surface area contributed by atoms with E-state index < -0.39 is 4.92 Å². The van der Waals surface area contributed by atoms with Crippen molar-refractivity contribution in [1.29, 1.82) is 0 Å². The zero-order chi connectivity index (χ0) is 15.2. The SMILES string of the molecule is CC(C)COCCNc1c([N+](=O)[O-])cnc2ccccc12. The molecule has 2 aromatic rings. The Labute approximate surface area is 123 Å². The number of pyridine rings is 1. The van der Waals surface area contributed by atoms with Crippen LogP contribution < -0.4 is 5.32 Å². The quantitative estimate of drug-likeness (QED) is 0.481. The van der Waals surface area contributed by atoms with Gasteiger partial charge in [-0.15, -0.1) is 0 Å². The molecular formula is C15H19N3O3. The van der Waals surface area contributed by atoms with Crippen LogP contribution in [-0.2, 0) is 4.74 Å². The number of hydrogen-bond donors (Lipinski definition) is 1. The van der Waals surface area contributed by atoms with E-state index in [1.54, 1.807) is 0 Å². The molecule has 0 amide bonds. The summed E-state index contributed by atoms with van der Waals surface area (Å²) in [7, 11) is 0. The Balaban J connectivity index is 2.16. The number of hydrogen-bond acceptors (Lipinski definition) is 5. The van der Waals surface area contributed by atoms with E-state index in [-0.39, 0.29) is 5.69 Å². The summed E-state index contributed by atoms with van der Waals surface area (Å²) in [5.74, 6) is 0.473. The third-order valence-corrected chi connectivity index (χ3v) is 2.95. The summed E-state index contributed by atoms with van der Waals surface area (Å²) < 4.78 is 5.48. The van der Waals surface area contributed by atoms with Crippen LogP contribution in [0.25, 0.3) is 10.9 Å². The predicted molar refractivity (Wildman–Crippen MR) is 82.5 cm³/mol. The van der Waals surface area contributed by atoms with Gasteiger partial charge in [-0.3, -0.25) is 10.1 Å². The second-order valence-corrected chi connectivity index (χ2v) is 5.19. The van der Waals surface area contributed by atoms with Gasteiger partial charge in [-0.25, -0.2) is 4.98 Å². The smallest absolute Gasteiger partial charge is 0.311 e. The van der Waals surface area contributed by atoms with Crippen LogP contribution in [0.3, 0.4) is 0 Å². The number of benzene rings is 1. The molecule has 0 saturated heterocycles. The monoisotopic (exact) mass is 289 g/mol. The first-order valence-electron chi connectivity index (χ1n) is 6.93. The molecular weight excluding hydrogens is 270 g/mol. The molecule has 1 heterocycles. The Bertz CT molecular complexity index is 629. The highest BCUT2D eigenvalue weighted by molar-refractivity contribution is 5.95. The van der Waals surface area contributed by atoms with Crippen molar-refractivity contribution in [1.82, 2.24) is 4.98 Å². The van der Waals surface area contributed by atoms with E-state index in [1.165, 1.54) is 6.20 Å². The second kappa shape index (κ2) is 6.99. The molecule has 0 atom stereocenters. The maximum absolute atomic E-state index is 11.1. The van der Waals surface area contributed by atoms with Gasteiger partial charge in [0, 0.05) is 18.5 Å². The summed E-state index contributed by atoms with van der Waals surface area (Å²) in [4.78, 5) is 14.8. The van der Waals surface area contributed by atoms with Crippen molar-refractivity contribution < 1.29 is 9.66 Å². The van der Waals surface area contributed by atoms with Gasteiger partial charge in [0.05, 0.1) is 17.0 Å². The van der Waals surface area contributed by atoms with E-state index in [9.17, 15) is 10.1 Å². The van der Waals surface area contributed by atoms with Crippen molar-refractivity contribution >= 4 is 22.3 Å². The highest BCUT2D eigenvalue weighted by Gasteiger charge is 2.17. The van der Waals surface area contributed by atoms with E-state index in [1.807, 2.05) is 24.3 Å². The van der Waals surface area contributed by atoms with Crippen LogP contribution in [0.15, 0.2) is 30.5 Å². The standard InChI is InChI=1S/C15H19N3O3/c1-11(2)10-21-8-7-16-15-12-5-3-4-6-13(12)17-9-14(15)18(19)20/h3-6,9,11H,7-8,10H2,1-2H3,(H,16,17). The van der Waals surface area contributed by atoms with Gasteiger partial charge in [0.1, 0.15) is 11.9 Å². The number of fused-ring (bicyclic) bond motifs is 1. The lowest BCUT2D eigenvalue weighted by atomic mass is 10.1. The molecule has 21 heavy (non-hydrogen) atoms. The molecule has 0 unspecified atom stereocenters. The highest BCUT2D eigenvalue weighted by atomic mass is 16.6. The van der Waals surface area contributed by atoms with Crippen molar-refractivity contribution in [3.8, 4) is 0 Å². The molecule has 0 saturated carbocycles. The predicted octanol–water partition coefficient (Wildman–Crippen LogP) is 3.23. The number of anilines is 1. The highest BCUT2D eigenvalue weighted by Crippen LogP contribution is 2.30. The van der Waals surface area contributed by atoms with Gasteiger partial charge >= 0.3 is 5.69 Å². The number of para-hydroxylation sites is 1. The topological polar surface area (TPSA) is 77.3 Å². The average molecular weight is 289 g/mol. The number of nitrogens with one attached hydrogen (secondary N) is 1. The fourth-order valence-corrected chi connectivity index (χ4v) is 2.02. The lowest BCUT2D eigenvalue weighted by Crippen LogP contribution is -2.13. The summed E-state index contributed by atoms with van der Waals surface area (Å²) in [6, 6.07) is 7.36. The van der Waals surface area contributed by atoms with E-state index in [0.29, 0.717) is 31.4 Å². The largest absolute Gasteiger partial charge is 0.379 e. The van der Waals surface area contributed by atoms with Gasteiger partial charge in [-0.1, -0.05) is 32.0 Å². The van der Waals surface area contributed by atoms with Crippen molar-refractivity contribution in [2.24, 2.45) is 5.92 Å². The Kier molecular flexibility index (Phi) is 5.05. The maximum Gasteiger partial charge on any atom is 0.311 e. The molecule has 0 aliphatic carbocycles. The molecule has 1 aromatic heterocycles. The Morgan fingerprint density at radius 3 is 2.86 bits per heavy atom. The third kappa shape index (κ3) is 3.88. The Morgan fingerprint density at radius 2 is 2.14 bits per heavy atom. The van der Waals surface area contributed by atoms with E-state index in [2.05, 4.69) is 24.1 Å². The molecule has 1 N–H and O–H groups in total. The first-order chi connectivity index (χ1) is 10.1. The number of nitro groups is 1. The summed E-state index contributed by atoms with van der Waals surface area (Å²) in [5, 5.41) is 15.0. The van der Waals surface area contributed by atoms with Gasteiger partial charge in [0.15, 0.2) is 0 Å². The minimum Gasteiger partial charge on any atom is -0.379 e. The van der Waals surface area contributed by atoms with Crippen molar-refractivity contribution in [2.75, 3.05) is 25.1 Å². The van der Waals surface area contributed by atoms with Crippen LogP contribution in [0, 0.1) is 16.0 Å². The summed E-state index contributed by atoms with van der Waals surface area (Å²) in [6.45, 7) is 5.86. The fourth-order valence-electron chi connectivity index (χ4n) is 2.02. The van der Waals surface area contributed by atoms with Crippen molar-refractivity contribution in [2.45, 2.75) is 13.8 Å². The lowest BCUT2D eigenvalue weighted by molar-refractivity contribution is -0.384. The molecule has 0 fully saturated rings. The zero-order valence-corrected chi connectivity index (χ0v) is 12.2. The first-order valence-corrected chi connectivity index (χ1v) is 6.93. The molecule has 6 nitrogen and oxygen atoms in total. The van der Waals surface area contributed by atoms with Gasteiger partial charge in [0.25, 0.3) is 0 Å². The van der Waals surface area contributed by atoms with Crippen LogP contribution in [0.2, 0.25) is 0 Å². The van der Waals surface area contributed by atoms with Crippen molar-refractivity contribution in [3.63, 3.8) is 0 Å². The first kappa shape index (κ1) is 15.2. The molecule has 0 aliphatic rings. The van der Waals surface area contributed by atoms with Gasteiger partial charge < -0.3 is 10.1 Å². The molecule has 0 aliphatic heterocycles. The number of aromatic nitrogens is 1. The molecule has 1 aromatic carbocycles. The molecule has 0 bridgehead atoms. The Morgan fingerprint density at radius 1 is 1.38 bits per heavy atom. The van der Waals surface area contributed by atoms with Crippen LogP contribution >= 0.6 is 0 Å². The average Bonchev–Trinajstić information content (AvgIpc) is 2.46. The lowest BCUT2D eigenvalue weighted by Gasteiger charge is -2.11. The van der Waals surface area contributed by atoms with Gasteiger partial charge in [-0.2, -0.15) is 0 Å². The van der Waals surface area contributed by atoms with Gasteiger partial charge in [0.2, 0.25) is 0 Å². The summed E-state index contributed by atoms with van der Waals surface area (Å²) >= 11 is 0. The molecule has 0 radical (unpaired) electrons. The van der Waals surface area contributed by atoms with Gasteiger partial charge in [-0.05, 0) is 12.0 Å². The number of nitrogens with zero attached hydrogens (tertiary/aromatic N) is 2. The van der Waals surface area contributed by atoms with E-state index >= 15 is 0 Å². The van der Waals surface area contributed by atoms with Crippen LogP contribution in [-0.4, -0.2) is 29.7 Å². The molecule has 112 valence electrons. The van der Waals surface area contributed by atoms with Crippen LogP contribution in [0.1, 0.15) is 13.8 Å². The number of rotatable bonds is 7. The minimum absolute atomic E-state index is 0.0161. The summed E-state index contributed by atoms with van der Waals surface area (Å²) in [6.07, 6.45) is 1.29. The third-order valence-electron chi connectivity index (χ3n) is 2.95. The second-order valence-electron chi connectivity index (χ2n) is 5.19. The molecule has 6 heteroatoms. The van der Waals surface area contributed by atoms with E-state index in [0.717, 1.165) is 10.9 Å². The normalized spacial score (nSPS) is 11.0.